The van der Waals surface area contributed by atoms with E-state index in [0.29, 0.717) is 35.5 Å². The maximum atomic E-state index is 13.6. The van der Waals surface area contributed by atoms with Crippen LogP contribution in [0.2, 0.25) is 0 Å². The number of aromatic nitrogens is 1. The van der Waals surface area contributed by atoms with Crippen LogP contribution in [0.25, 0.3) is 0 Å². The average molecular weight is 432 g/mol. The van der Waals surface area contributed by atoms with E-state index < -0.39 is 17.7 Å². The van der Waals surface area contributed by atoms with Gasteiger partial charge in [-0.3, -0.25) is 9.59 Å². The number of hydrogen-bond acceptors (Lipinski definition) is 5. The Balaban J connectivity index is 2.34. The van der Waals surface area contributed by atoms with Gasteiger partial charge in [-0.25, -0.2) is 9.18 Å². The van der Waals surface area contributed by atoms with Crippen LogP contribution in [0, 0.1) is 19.7 Å². The molecule has 31 heavy (non-hydrogen) atoms. The van der Waals surface area contributed by atoms with Crippen LogP contribution >= 0.6 is 0 Å². The van der Waals surface area contributed by atoms with E-state index in [2.05, 4.69) is 0 Å². The largest absolute Gasteiger partial charge is 0.461 e. The number of halogens is 1. The number of methoxy groups -OCH3 is 1. The topological polar surface area (TPSA) is 77.8 Å². The molecule has 0 fully saturated rings. The summed E-state index contributed by atoms with van der Waals surface area (Å²) in [6.07, 6.45) is 0.520. The van der Waals surface area contributed by atoms with Crippen LogP contribution in [0.3, 0.4) is 0 Å². The molecule has 2 aromatic rings. The third-order valence-corrected chi connectivity index (χ3v) is 5.15. The maximum Gasteiger partial charge on any atom is 0.355 e. The van der Waals surface area contributed by atoms with Crippen molar-refractivity contribution in [1.29, 1.82) is 0 Å². The van der Waals surface area contributed by atoms with Gasteiger partial charge in [-0.1, -0.05) is 6.07 Å². The Bertz CT molecular complexity index is 967. The summed E-state index contributed by atoms with van der Waals surface area (Å²) < 4.78 is 25.4. The highest BCUT2D eigenvalue weighted by Crippen LogP contribution is 2.23. The molecule has 0 aliphatic heterocycles. The molecule has 0 spiro atoms. The van der Waals surface area contributed by atoms with Crippen molar-refractivity contribution in [3.8, 4) is 0 Å². The zero-order valence-electron chi connectivity index (χ0n) is 18.7. The molecule has 1 aromatic carbocycles. The highest BCUT2D eigenvalue weighted by molar-refractivity contribution is 6.06. The van der Waals surface area contributed by atoms with Gasteiger partial charge in [0.15, 0.2) is 5.78 Å². The molecular weight excluding hydrogens is 403 g/mol. The summed E-state index contributed by atoms with van der Waals surface area (Å²) in [6.45, 7) is 5.85. The van der Waals surface area contributed by atoms with Crippen LogP contribution in [0.5, 0.6) is 0 Å². The number of rotatable bonds is 10. The molecule has 0 bridgehead atoms. The molecule has 0 aliphatic rings. The molecule has 0 saturated carbocycles. The van der Waals surface area contributed by atoms with Crippen molar-refractivity contribution >= 4 is 17.7 Å². The number of hydrogen-bond donors (Lipinski definition) is 0. The highest BCUT2D eigenvalue weighted by atomic mass is 19.1. The summed E-state index contributed by atoms with van der Waals surface area (Å²) in [5, 5.41) is 0. The smallest absolute Gasteiger partial charge is 0.355 e. The van der Waals surface area contributed by atoms with Crippen LogP contribution in [0.1, 0.15) is 55.8 Å². The second-order valence-corrected chi connectivity index (χ2v) is 7.22. The number of nitrogens with zero attached hydrogens (tertiary/aromatic N) is 2. The van der Waals surface area contributed by atoms with Crippen LogP contribution in [0.4, 0.5) is 4.39 Å². The molecule has 1 amide bonds. The van der Waals surface area contributed by atoms with Crippen molar-refractivity contribution in [2.45, 2.75) is 27.2 Å². The number of benzene rings is 1. The molecule has 7 nitrogen and oxygen atoms in total. The summed E-state index contributed by atoms with van der Waals surface area (Å²) in [4.78, 5) is 39.9. The van der Waals surface area contributed by atoms with Crippen LogP contribution in [-0.2, 0) is 16.5 Å². The minimum atomic E-state index is -0.525. The van der Waals surface area contributed by atoms with Gasteiger partial charge >= 0.3 is 5.97 Å². The summed E-state index contributed by atoms with van der Waals surface area (Å²) in [5.41, 5.74) is 1.98. The predicted molar refractivity (Wildman–Crippen MR) is 114 cm³/mol. The Morgan fingerprint density at radius 3 is 2.52 bits per heavy atom. The Morgan fingerprint density at radius 2 is 1.90 bits per heavy atom. The predicted octanol–water partition coefficient (Wildman–Crippen LogP) is 3.32. The van der Waals surface area contributed by atoms with E-state index in [4.69, 9.17) is 9.47 Å². The molecule has 0 N–H and O–H groups in total. The Kier molecular flexibility index (Phi) is 8.50. The molecule has 0 unspecified atom stereocenters. The lowest BCUT2D eigenvalue weighted by molar-refractivity contribution is 0.0514. The molecule has 168 valence electrons. The summed E-state index contributed by atoms with van der Waals surface area (Å²) in [5.74, 6) is -1.77. The Labute approximate surface area is 181 Å². The lowest BCUT2D eigenvalue weighted by Gasteiger charge is -2.22. The lowest BCUT2D eigenvalue weighted by atomic mass is 10.0. The third kappa shape index (κ3) is 5.58. The maximum absolute atomic E-state index is 13.6. The normalized spacial score (nSPS) is 10.8. The van der Waals surface area contributed by atoms with Gasteiger partial charge in [0.2, 0.25) is 0 Å². The van der Waals surface area contributed by atoms with Crippen molar-refractivity contribution in [2.24, 2.45) is 7.05 Å². The molecule has 8 heteroatoms. The molecule has 1 heterocycles. The number of carbonyl (C=O) groups is 3. The first-order valence-electron chi connectivity index (χ1n) is 10.1. The number of ketones is 1. The van der Waals surface area contributed by atoms with Crippen molar-refractivity contribution in [3.05, 3.63) is 58.2 Å². The van der Waals surface area contributed by atoms with Gasteiger partial charge in [0, 0.05) is 44.1 Å². The number of carbonyl (C=O) groups excluding carboxylic acids is 3. The molecule has 0 radical (unpaired) electrons. The molecular formula is C23H29FN2O5. The molecule has 1 aromatic heterocycles. The number of ether oxygens (including phenoxy) is 2. The fourth-order valence-corrected chi connectivity index (χ4v) is 3.59. The quantitative estimate of drug-likeness (QED) is 0.327. The van der Waals surface area contributed by atoms with Gasteiger partial charge in [-0.05, 0) is 51.0 Å². The molecule has 0 aliphatic carbocycles. The minimum absolute atomic E-state index is 0.166. The standard InChI is InChI=1S/C23H29FN2O5/c1-6-31-23(29)21-15(2)20(16(3)25(21)4)19(27)14-26(11-8-12-30-5)22(28)17-9-7-10-18(24)13-17/h7,9-10,13H,6,8,11-12,14H2,1-5H3. The van der Waals surface area contributed by atoms with E-state index in [1.54, 1.807) is 39.5 Å². The monoisotopic (exact) mass is 432 g/mol. The first-order valence-corrected chi connectivity index (χ1v) is 10.1. The zero-order valence-corrected chi connectivity index (χ0v) is 18.7. The number of Topliss-reactive ketones (excluding diaryl/α,β-unsaturated/α-hetero) is 1. The van der Waals surface area contributed by atoms with Gasteiger partial charge in [-0.2, -0.15) is 0 Å². The summed E-state index contributed by atoms with van der Waals surface area (Å²) in [6, 6.07) is 5.37. The van der Waals surface area contributed by atoms with Crippen LogP contribution < -0.4 is 0 Å². The van der Waals surface area contributed by atoms with Crippen LogP contribution in [0.15, 0.2) is 24.3 Å². The van der Waals surface area contributed by atoms with E-state index in [9.17, 15) is 18.8 Å². The van der Waals surface area contributed by atoms with Gasteiger partial charge in [0.25, 0.3) is 5.91 Å². The van der Waals surface area contributed by atoms with Gasteiger partial charge in [-0.15, -0.1) is 0 Å². The molecule has 0 saturated heterocycles. The summed E-state index contributed by atoms with van der Waals surface area (Å²) in [7, 11) is 3.25. The van der Waals surface area contributed by atoms with Crippen molar-refractivity contribution < 1.29 is 28.2 Å². The first-order chi connectivity index (χ1) is 14.7. The second-order valence-electron chi connectivity index (χ2n) is 7.22. The fourth-order valence-electron chi connectivity index (χ4n) is 3.59. The van der Waals surface area contributed by atoms with Crippen molar-refractivity contribution in [3.63, 3.8) is 0 Å². The number of esters is 1. The SMILES string of the molecule is CCOC(=O)c1c(C)c(C(=O)CN(CCCOC)C(=O)c2cccc(F)c2)c(C)n1C. The van der Waals surface area contributed by atoms with E-state index in [-0.39, 0.29) is 31.0 Å². The van der Waals surface area contributed by atoms with Crippen molar-refractivity contribution in [1.82, 2.24) is 9.47 Å². The van der Waals surface area contributed by atoms with Crippen LogP contribution in [-0.4, -0.2) is 60.5 Å². The van der Waals surface area contributed by atoms with Crippen molar-refractivity contribution in [2.75, 3.05) is 33.4 Å². The van der Waals surface area contributed by atoms with E-state index >= 15 is 0 Å². The lowest BCUT2D eigenvalue weighted by Crippen LogP contribution is -2.37. The second kappa shape index (κ2) is 10.9. The van der Waals surface area contributed by atoms with E-state index in [1.165, 1.54) is 23.1 Å². The third-order valence-electron chi connectivity index (χ3n) is 5.15. The fraction of sp³-hybridized carbons (Fsp3) is 0.435. The Morgan fingerprint density at radius 1 is 1.19 bits per heavy atom. The summed E-state index contributed by atoms with van der Waals surface area (Å²) >= 11 is 0. The van der Waals surface area contributed by atoms with Gasteiger partial charge in [0.1, 0.15) is 11.5 Å². The minimum Gasteiger partial charge on any atom is -0.461 e. The Hall–Kier alpha value is -3.00. The molecule has 2 rings (SSSR count). The molecule has 0 atom stereocenters. The van der Waals surface area contributed by atoms with Gasteiger partial charge < -0.3 is 18.9 Å². The van der Waals surface area contributed by atoms with Gasteiger partial charge in [0.05, 0.1) is 13.2 Å². The number of amides is 1. The highest BCUT2D eigenvalue weighted by Gasteiger charge is 2.28. The van der Waals surface area contributed by atoms with E-state index in [1.807, 2.05) is 0 Å². The zero-order chi connectivity index (χ0) is 23.1. The van der Waals surface area contributed by atoms with E-state index in [0.717, 1.165) is 6.07 Å². The average Bonchev–Trinajstić information content (AvgIpc) is 2.95. The first kappa shape index (κ1) is 24.3.